The second-order valence-corrected chi connectivity index (χ2v) is 3.39. The van der Waals surface area contributed by atoms with Crippen molar-refractivity contribution in [3.63, 3.8) is 0 Å². The summed E-state index contributed by atoms with van der Waals surface area (Å²) in [5.41, 5.74) is 0.602. The number of rotatable bonds is 5. The van der Waals surface area contributed by atoms with E-state index in [1.807, 2.05) is 13.0 Å². The smallest absolute Gasteiger partial charge is 0.243 e. The molecule has 0 aliphatic rings. The monoisotopic (exact) mass is 236 g/mol. The van der Waals surface area contributed by atoms with Gasteiger partial charge >= 0.3 is 0 Å². The Balaban J connectivity index is 2.61. The van der Waals surface area contributed by atoms with Crippen molar-refractivity contribution in [3.05, 3.63) is 24.3 Å². The van der Waals surface area contributed by atoms with Crippen molar-refractivity contribution in [1.29, 1.82) is 0 Å². The molecule has 0 heterocycles. The summed E-state index contributed by atoms with van der Waals surface area (Å²) in [6.07, 6.45) is 0. The van der Waals surface area contributed by atoms with Crippen molar-refractivity contribution in [3.8, 4) is 5.75 Å². The van der Waals surface area contributed by atoms with Crippen LogP contribution in [0.25, 0.3) is 0 Å². The summed E-state index contributed by atoms with van der Waals surface area (Å²) in [6, 6.07) is 7.15. The van der Waals surface area contributed by atoms with E-state index in [2.05, 4.69) is 10.6 Å². The van der Waals surface area contributed by atoms with Crippen LogP contribution in [0, 0.1) is 0 Å². The normalized spacial score (nSPS) is 9.53. The number of para-hydroxylation sites is 2. The number of hydrogen-bond donors (Lipinski definition) is 2. The summed E-state index contributed by atoms with van der Waals surface area (Å²) < 4.78 is 5.36. The van der Waals surface area contributed by atoms with Gasteiger partial charge in [0.2, 0.25) is 11.8 Å². The molecule has 0 spiro atoms. The van der Waals surface area contributed by atoms with Gasteiger partial charge in [-0.3, -0.25) is 9.59 Å². The average molecular weight is 236 g/mol. The Morgan fingerprint density at radius 2 is 2.00 bits per heavy atom. The standard InChI is InChI=1S/C12H16N2O3/c1-3-17-11-7-5-4-6-10(11)14-12(16)8-13-9(2)15/h4-7H,3,8H2,1-2H3,(H,13,15)(H,14,16). The van der Waals surface area contributed by atoms with Gasteiger partial charge in [-0.25, -0.2) is 0 Å². The fourth-order valence-electron chi connectivity index (χ4n) is 1.25. The molecule has 1 rings (SSSR count). The van der Waals surface area contributed by atoms with Gasteiger partial charge in [-0.15, -0.1) is 0 Å². The SMILES string of the molecule is CCOc1ccccc1NC(=O)CNC(C)=O. The van der Waals surface area contributed by atoms with Crippen LogP contribution in [0.3, 0.4) is 0 Å². The Bertz CT molecular complexity index is 404. The van der Waals surface area contributed by atoms with Crippen LogP contribution in [-0.2, 0) is 9.59 Å². The van der Waals surface area contributed by atoms with Gasteiger partial charge in [0, 0.05) is 6.92 Å². The first-order chi connectivity index (χ1) is 8.13. The molecule has 17 heavy (non-hydrogen) atoms. The van der Waals surface area contributed by atoms with Crippen molar-refractivity contribution < 1.29 is 14.3 Å². The number of benzene rings is 1. The Morgan fingerprint density at radius 1 is 1.29 bits per heavy atom. The van der Waals surface area contributed by atoms with Crippen molar-refractivity contribution in [2.24, 2.45) is 0 Å². The third kappa shape index (κ3) is 4.55. The Kier molecular flexibility index (Phi) is 5.00. The molecular formula is C12H16N2O3. The van der Waals surface area contributed by atoms with Gasteiger partial charge in [0.25, 0.3) is 0 Å². The summed E-state index contributed by atoms with van der Waals surface area (Å²) in [6.45, 7) is 3.71. The average Bonchev–Trinajstić information content (AvgIpc) is 2.29. The second-order valence-electron chi connectivity index (χ2n) is 3.39. The van der Waals surface area contributed by atoms with Crippen LogP contribution in [0.4, 0.5) is 5.69 Å². The summed E-state index contributed by atoms with van der Waals surface area (Å²) >= 11 is 0. The minimum Gasteiger partial charge on any atom is -0.492 e. The van der Waals surface area contributed by atoms with Gasteiger partial charge in [-0.1, -0.05) is 12.1 Å². The summed E-state index contributed by atoms with van der Waals surface area (Å²) in [5.74, 6) is 0.0942. The van der Waals surface area contributed by atoms with Gasteiger partial charge in [-0.2, -0.15) is 0 Å². The number of ether oxygens (including phenoxy) is 1. The molecule has 2 amide bonds. The van der Waals surface area contributed by atoms with Gasteiger partial charge in [0.1, 0.15) is 5.75 Å². The van der Waals surface area contributed by atoms with Crippen LogP contribution in [0.1, 0.15) is 13.8 Å². The maximum Gasteiger partial charge on any atom is 0.243 e. The molecule has 0 aromatic heterocycles. The molecule has 5 heteroatoms. The van der Waals surface area contributed by atoms with Crippen LogP contribution in [0.2, 0.25) is 0 Å². The minimum atomic E-state index is -0.285. The molecule has 0 atom stereocenters. The fourth-order valence-corrected chi connectivity index (χ4v) is 1.25. The molecule has 0 saturated heterocycles. The third-order valence-electron chi connectivity index (χ3n) is 1.96. The van der Waals surface area contributed by atoms with E-state index in [4.69, 9.17) is 4.74 Å². The number of carbonyl (C=O) groups is 2. The van der Waals surface area contributed by atoms with Crippen molar-refractivity contribution in [1.82, 2.24) is 5.32 Å². The third-order valence-corrected chi connectivity index (χ3v) is 1.96. The summed E-state index contributed by atoms with van der Waals surface area (Å²) in [7, 11) is 0. The molecule has 1 aromatic rings. The highest BCUT2D eigenvalue weighted by Gasteiger charge is 2.07. The highest BCUT2D eigenvalue weighted by atomic mass is 16.5. The quantitative estimate of drug-likeness (QED) is 0.806. The van der Waals surface area contributed by atoms with Gasteiger partial charge in [0.15, 0.2) is 0 Å². The number of amides is 2. The van der Waals surface area contributed by atoms with Gasteiger partial charge < -0.3 is 15.4 Å². The van der Waals surface area contributed by atoms with E-state index >= 15 is 0 Å². The predicted octanol–water partition coefficient (Wildman–Crippen LogP) is 1.16. The van der Waals surface area contributed by atoms with Crippen LogP contribution in [0.5, 0.6) is 5.75 Å². The van der Waals surface area contributed by atoms with Crippen molar-refractivity contribution >= 4 is 17.5 Å². The Morgan fingerprint density at radius 3 is 2.65 bits per heavy atom. The van der Waals surface area contributed by atoms with E-state index in [0.29, 0.717) is 18.0 Å². The molecule has 2 N–H and O–H groups in total. The van der Waals surface area contributed by atoms with Crippen molar-refractivity contribution in [2.75, 3.05) is 18.5 Å². The number of anilines is 1. The molecule has 0 radical (unpaired) electrons. The number of hydrogen-bond acceptors (Lipinski definition) is 3. The lowest BCUT2D eigenvalue weighted by atomic mass is 10.3. The zero-order valence-electron chi connectivity index (χ0n) is 9.95. The Hall–Kier alpha value is -2.04. The summed E-state index contributed by atoms with van der Waals surface area (Å²) in [5, 5.41) is 5.10. The molecule has 0 aliphatic carbocycles. The van der Waals surface area contributed by atoms with E-state index in [-0.39, 0.29) is 18.4 Å². The van der Waals surface area contributed by atoms with Crippen molar-refractivity contribution in [2.45, 2.75) is 13.8 Å². The molecule has 0 fully saturated rings. The maximum absolute atomic E-state index is 11.5. The Labute approximate surface area is 100 Å². The number of carbonyl (C=O) groups excluding carboxylic acids is 2. The topological polar surface area (TPSA) is 67.4 Å². The lowest BCUT2D eigenvalue weighted by molar-refractivity contribution is -0.122. The maximum atomic E-state index is 11.5. The first-order valence-corrected chi connectivity index (χ1v) is 5.39. The van der Waals surface area contributed by atoms with Crippen LogP contribution < -0.4 is 15.4 Å². The lowest BCUT2D eigenvalue weighted by Gasteiger charge is -2.11. The first-order valence-electron chi connectivity index (χ1n) is 5.39. The minimum absolute atomic E-state index is 0.0458. The molecule has 0 saturated carbocycles. The highest BCUT2D eigenvalue weighted by molar-refractivity contribution is 5.95. The largest absolute Gasteiger partial charge is 0.492 e. The molecule has 92 valence electrons. The summed E-state index contributed by atoms with van der Waals surface area (Å²) in [4.78, 5) is 22.1. The molecule has 1 aromatic carbocycles. The zero-order valence-corrected chi connectivity index (χ0v) is 9.95. The van der Waals surface area contributed by atoms with E-state index in [1.165, 1.54) is 6.92 Å². The van der Waals surface area contributed by atoms with Gasteiger partial charge in [-0.05, 0) is 19.1 Å². The van der Waals surface area contributed by atoms with Gasteiger partial charge in [0.05, 0.1) is 18.8 Å². The lowest BCUT2D eigenvalue weighted by Crippen LogP contribution is -2.31. The molecule has 0 bridgehead atoms. The predicted molar refractivity (Wildman–Crippen MR) is 64.9 cm³/mol. The zero-order chi connectivity index (χ0) is 12.7. The molecule has 0 unspecified atom stereocenters. The van der Waals surface area contributed by atoms with E-state index in [0.717, 1.165) is 0 Å². The van der Waals surface area contributed by atoms with E-state index in [9.17, 15) is 9.59 Å². The van der Waals surface area contributed by atoms with E-state index < -0.39 is 0 Å². The molecule has 0 aliphatic heterocycles. The fraction of sp³-hybridized carbons (Fsp3) is 0.333. The molecule has 5 nitrogen and oxygen atoms in total. The number of nitrogens with one attached hydrogen (secondary N) is 2. The second kappa shape index (κ2) is 6.52. The van der Waals surface area contributed by atoms with Crippen LogP contribution in [0.15, 0.2) is 24.3 Å². The highest BCUT2D eigenvalue weighted by Crippen LogP contribution is 2.23. The van der Waals surface area contributed by atoms with Crippen LogP contribution in [-0.4, -0.2) is 25.0 Å². The van der Waals surface area contributed by atoms with E-state index in [1.54, 1.807) is 18.2 Å². The molecular weight excluding hydrogens is 220 g/mol. The first kappa shape index (κ1) is 13.0. The van der Waals surface area contributed by atoms with Crippen LogP contribution >= 0.6 is 0 Å².